The van der Waals surface area contributed by atoms with E-state index in [1.54, 1.807) is 0 Å². The third-order valence-corrected chi connectivity index (χ3v) is 3.21. The van der Waals surface area contributed by atoms with Crippen LogP contribution in [0.15, 0.2) is 12.1 Å². The van der Waals surface area contributed by atoms with Crippen LogP contribution in [0.5, 0.6) is 5.75 Å². The molecule has 0 saturated carbocycles. The van der Waals surface area contributed by atoms with Crippen molar-refractivity contribution in [1.82, 2.24) is 0 Å². The van der Waals surface area contributed by atoms with Crippen molar-refractivity contribution in [2.75, 3.05) is 6.61 Å². The summed E-state index contributed by atoms with van der Waals surface area (Å²) in [5.41, 5.74) is 0.767. The van der Waals surface area contributed by atoms with Crippen LogP contribution in [-0.4, -0.2) is 24.3 Å². The minimum absolute atomic E-state index is 0.0912. The van der Waals surface area contributed by atoms with Crippen molar-refractivity contribution in [3.05, 3.63) is 28.3 Å². The lowest BCUT2D eigenvalue weighted by Crippen LogP contribution is -2.15. The van der Waals surface area contributed by atoms with Crippen molar-refractivity contribution in [2.45, 2.75) is 19.2 Å². The first kappa shape index (κ1) is 16.7. The fourth-order valence-corrected chi connectivity index (χ4v) is 2.26. The number of ketones is 1. The number of esters is 2. The van der Waals surface area contributed by atoms with Gasteiger partial charge in [0.15, 0.2) is 6.61 Å². The molecule has 0 aromatic heterocycles. The van der Waals surface area contributed by atoms with Gasteiger partial charge in [0.2, 0.25) is 5.78 Å². The monoisotopic (exact) mass is 362 g/mol. The van der Waals surface area contributed by atoms with Crippen LogP contribution in [0.3, 0.4) is 0 Å². The molecule has 1 rings (SSSR count). The molecule has 0 aliphatic carbocycles. The van der Waals surface area contributed by atoms with Crippen LogP contribution >= 0.6 is 27.5 Å². The average molecular weight is 364 g/mol. The first-order valence-corrected chi connectivity index (χ1v) is 7.08. The van der Waals surface area contributed by atoms with Crippen LogP contribution in [0.4, 0.5) is 0 Å². The molecule has 20 heavy (non-hydrogen) atoms. The van der Waals surface area contributed by atoms with Crippen LogP contribution in [0.25, 0.3) is 0 Å². The number of alkyl halides is 1. The number of rotatable bonds is 5. The Morgan fingerprint density at radius 2 is 1.85 bits per heavy atom. The van der Waals surface area contributed by atoms with E-state index >= 15 is 0 Å². The number of hydrogen-bond acceptors (Lipinski definition) is 5. The summed E-state index contributed by atoms with van der Waals surface area (Å²) in [6, 6.07) is 2.89. The number of carbonyl (C=O) groups excluding carboxylic acids is 3. The molecule has 0 amide bonds. The lowest BCUT2D eigenvalue weighted by atomic mass is 10.1. The Bertz CT molecular complexity index is 556. The van der Waals surface area contributed by atoms with E-state index < -0.39 is 24.3 Å². The molecule has 1 aromatic carbocycles. The molecule has 0 atom stereocenters. The van der Waals surface area contributed by atoms with Gasteiger partial charge in [-0.25, -0.2) is 0 Å². The summed E-state index contributed by atoms with van der Waals surface area (Å²) in [6.45, 7) is 1.98. The Balaban J connectivity index is 3.14. The molecule has 108 valence electrons. The first-order chi connectivity index (χ1) is 9.35. The van der Waals surface area contributed by atoms with Gasteiger partial charge >= 0.3 is 11.9 Å². The maximum absolute atomic E-state index is 12.0. The van der Waals surface area contributed by atoms with E-state index in [1.165, 1.54) is 26.0 Å². The molecule has 0 aliphatic heterocycles. The van der Waals surface area contributed by atoms with Gasteiger partial charge in [-0.2, -0.15) is 0 Å². The van der Waals surface area contributed by atoms with Crippen molar-refractivity contribution in [2.24, 2.45) is 0 Å². The summed E-state index contributed by atoms with van der Waals surface area (Å²) in [6.07, 6.45) is 0. The molecule has 0 bridgehead atoms. The molecule has 0 radical (unpaired) electrons. The standard InChI is InChI=1S/C13H12BrClO5/c1-7(16)19-6-12(18)10-4-11(15)9(5-14)3-13(10)20-8(2)17/h3-4H,5-6H2,1-2H3. The van der Waals surface area contributed by atoms with E-state index in [0.717, 1.165) is 0 Å². The molecule has 1 aromatic rings. The first-order valence-electron chi connectivity index (χ1n) is 5.58. The molecule has 0 N–H and O–H groups in total. The molecular weight excluding hydrogens is 351 g/mol. The van der Waals surface area contributed by atoms with Gasteiger partial charge in [0.25, 0.3) is 0 Å². The largest absolute Gasteiger partial charge is 0.457 e. The van der Waals surface area contributed by atoms with Crippen LogP contribution in [0, 0.1) is 0 Å². The van der Waals surface area contributed by atoms with Crippen molar-refractivity contribution in [1.29, 1.82) is 0 Å². The fourth-order valence-electron chi connectivity index (χ4n) is 1.40. The van der Waals surface area contributed by atoms with Gasteiger partial charge in [0, 0.05) is 24.2 Å². The molecule has 0 unspecified atom stereocenters. The Morgan fingerprint density at radius 1 is 1.20 bits per heavy atom. The van der Waals surface area contributed by atoms with E-state index in [-0.39, 0.29) is 11.3 Å². The van der Waals surface area contributed by atoms with Gasteiger partial charge in [-0.3, -0.25) is 14.4 Å². The number of hydrogen-bond donors (Lipinski definition) is 0. The predicted octanol–water partition coefficient (Wildman–Crippen LogP) is 2.91. The van der Waals surface area contributed by atoms with E-state index in [9.17, 15) is 14.4 Å². The topological polar surface area (TPSA) is 69.7 Å². The zero-order valence-corrected chi connectivity index (χ0v) is 13.2. The lowest BCUT2D eigenvalue weighted by Gasteiger charge is -2.11. The highest BCUT2D eigenvalue weighted by Gasteiger charge is 2.18. The predicted molar refractivity (Wildman–Crippen MR) is 76.4 cm³/mol. The number of ether oxygens (including phenoxy) is 2. The summed E-state index contributed by atoms with van der Waals surface area (Å²) >= 11 is 9.26. The summed E-state index contributed by atoms with van der Waals surface area (Å²) in [5, 5.41) is 0.794. The molecular formula is C13H12BrClO5. The van der Waals surface area contributed by atoms with Gasteiger partial charge in [-0.15, -0.1) is 0 Å². The normalized spacial score (nSPS) is 10.0. The second-order valence-electron chi connectivity index (χ2n) is 3.87. The highest BCUT2D eigenvalue weighted by molar-refractivity contribution is 9.08. The van der Waals surface area contributed by atoms with Gasteiger partial charge in [0.05, 0.1) is 5.56 Å². The summed E-state index contributed by atoms with van der Waals surface area (Å²) in [7, 11) is 0. The van der Waals surface area contributed by atoms with E-state index in [0.29, 0.717) is 15.9 Å². The summed E-state index contributed by atoms with van der Waals surface area (Å²) in [4.78, 5) is 33.8. The molecule has 0 spiro atoms. The Morgan fingerprint density at radius 3 is 2.35 bits per heavy atom. The SMILES string of the molecule is CC(=O)OCC(=O)c1cc(Cl)c(CBr)cc1OC(C)=O. The quantitative estimate of drug-likeness (QED) is 0.348. The van der Waals surface area contributed by atoms with Gasteiger partial charge in [-0.1, -0.05) is 27.5 Å². The Labute approximate surface area is 129 Å². The average Bonchev–Trinajstić information content (AvgIpc) is 2.36. The second-order valence-corrected chi connectivity index (χ2v) is 4.84. The molecule has 0 aliphatic rings. The van der Waals surface area contributed by atoms with Crippen LogP contribution in [0.1, 0.15) is 29.8 Å². The molecule has 7 heteroatoms. The van der Waals surface area contributed by atoms with Crippen molar-refractivity contribution in [3.8, 4) is 5.75 Å². The van der Waals surface area contributed by atoms with Crippen LogP contribution in [-0.2, 0) is 19.7 Å². The number of Topliss-reactive ketones (excluding diaryl/α,β-unsaturated/α-hetero) is 1. The van der Waals surface area contributed by atoms with Crippen LogP contribution in [0.2, 0.25) is 5.02 Å². The zero-order valence-electron chi connectivity index (χ0n) is 10.9. The molecule has 0 heterocycles. The highest BCUT2D eigenvalue weighted by Crippen LogP contribution is 2.29. The Hall–Kier alpha value is -1.40. The Kier molecular flexibility index (Phi) is 6.16. The molecule has 0 saturated heterocycles. The van der Waals surface area contributed by atoms with E-state index in [1.807, 2.05) is 0 Å². The van der Waals surface area contributed by atoms with Crippen LogP contribution < -0.4 is 4.74 Å². The van der Waals surface area contributed by atoms with Gasteiger partial charge in [-0.05, 0) is 17.7 Å². The highest BCUT2D eigenvalue weighted by atomic mass is 79.9. The van der Waals surface area contributed by atoms with Crippen molar-refractivity contribution < 1.29 is 23.9 Å². The maximum Gasteiger partial charge on any atom is 0.308 e. The minimum atomic E-state index is -0.574. The second kappa shape index (κ2) is 7.40. The zero-order chi connectivity index (χ0) is 15.3. The third-order valence-electron chi connectivity index (χ3n) is 2.25. The minimum Gasteiger partial charge on any atom is -0.457 e. The smallest absolute Gasteiger partial charge is 0.308 e. The van der Waals surface area contributed by atoms with Gasteiger partial charge in [0.1, 0.15) is 5.75 Å². The number of halogens is 2. The summed E-state index contributed by atoms with van der Waals surface area (Å²) in [5.74, 6) is -1.54. The number of benzene rings is 1. The van der Waals surface area contributed by atoms with E-state index in [4.69, 9.17) is 16.3 Å². The van der Waals surface area contributed by atoms with Gasteiger partial charge < -0.3 is 9.47 Å². The van der Waals surface area contributed by atoms with E-state index in [2.05, 4.69) is 20.7 Å². The van der Waals surface area contributed by atoms with Crippen molar-refractivity contribution >= 4 is 45.3 Å². The summed E-state index contributed by atoms with van der Waals surface area (Å²) < 4.78 is 9.62. The number of carbonyl (C=O) groups is 3. The maximum atomic E-state index is 12.0. The third kappa shape index (κ3) is 4.61. The molecule has 0 fully saturated rings. The lowest BCUT2D eigenvalue weighted by molar-refractivity contribution is -0.140. The fraction of sp³-hybridized carbons (Fsp3) is 0.308. The molecule has 5 nitrogen and oxygen atoms in total. The van der Waals surface area contributed by atoms with Crippen molar-refractivity contribution in [3.63, 3.8) is 0 Å².